The van der Waals surface area contributed by atoms with Gasteiger partial charge in [-0.15, -0.1) is 0 Å². The van der Waals surface area contributed by atoms with Gasteiger partial charge in [0, 0.05) is 42.2 Å². The van der Waals surface area contributed by atoms with Gasteiger partial charge in [-0.05, 0) is 43.5 Å². The fourth-order valence-electron chi connectivity index (χ4n) is 4.57. The second-order valence-electron chi connectivity index (χ2n) is 7.66. The monoisotopic (exact) mass is 392 g/mol. The standard InChI is InChI=1S/C24H28N2O3/c1-16-24(18-7-5-6-8-19(18)25(16)2)20-10-12-23(27)26(20)14-13-17-9-11-21(28-3)22(15-17)29-4/h5-9,11,15,20H,10,12-14H2,1-4H3/t20-/m1/s1. The average molecular weight is 392 g/mol. The molecule has 3 aromatic rings. The molecule has 1 atom stereocenters. The number of aryl methyl sites for hydroxylation is 1. The van der Waals surface area contributed by atoms with Gasteiger partial charge in [-0.25, -0.2) is 0 Å². The molecule has 0 aliphatic carbocycles. The maximum atomic E-state index is 12.7. The predicted octanol–water partition coefficient (Wildman–Crippen LogP) is 4.41. The van der Waals surface area contributed by atoms with Gasteiger partial charge in [0.25, 0.3) is 0 Å². The van der Waals surface area contributed by atoms with Crippen molar-refractivity contribution in [2.24, 2.45) is 7.05 Å². The van der Waals surface area contributed by atoms with Crippen LogP contribution >= 0.6 is 0 Å². The van der Waals surface area contributed by atoms with Crippen molar-refractivity contribution in [2.45, 2.75) is 32.2 Å². The number of methoxy groups -OCH3 is 2. The van der Waals surface area contributed by atoms with E-state index in [9.17, 15) is 4.79 Å². The molecule has 2 heterocycles. The lowest BCUT2D eigenvalue weighted by Crippen LogP contribution is -2.30. The molecule has 0 radical (unpaired) electrons. The van der Waals surface area contributed by atoms with E-state index in [1.165, 1.54) is 22.2 Å². The van der Waals surface area contributed by atoms with E-state index in [1.54, 1.807) is 14.2 Å². The quantitative estimate of drug-likeness (QED) is 0.624. The van der Waals surface area contributed by atoms with E-state index >= 15 is 0 Å². The molecule has 1 amide bonds. The van der Waals surface area contributed by atoms with Crippen molar-refractivity contribution in [3.8, 4) is 11.5 Å². The summed E-state index contributed by atoms with van der Waals surface area (Å²) in [6, 6.07) is 14.6. The van der Waals surface area contributed by atoms with E-state index in [4.69, 9.17) is 9.47 Å². The molecular weight excluding hydrogens is 364 g/mol. The van der Waals surface area contributed by atoms with Crippen molar-refractivity contribution >= 4 is 16.8 Å². The first-order valence-corrected chi connectivity index (χ1v) is 10.1. The van der Waals surface area contributed by atoms with Gasteiger partial charge in [0.15, 0.2) is 11.5 Å². The Morgan fingerprint density at radius 3 is 2.59 bits per heavy atom. The van der Waals surface area contributed by atoms with Gasteiger partial charge >= 0.3 is 0 Å². The molecule has 152 valence electrons. The molecule has 5 heteroatoms. The van der Waals surface area contributed by atoms with Crippen molar-refractivity contribution < 1.29 is 14.3 Å². The lowest BCUT2D eigenvalue weighted by Gasteiger charge is -2.26. The summed E-state index contributed by atoms with van der Waals surface area (Å²) in [5.74, 6) is 1.68. The molecule has 0 N–H and O–H groups in total. The summed E-state index contributed by atoms with van der Waals surface area (Å²) in [4.78, 5) is 14.8. The summed E-state index contributed by atoms with van der Waals surface area (Å²) >= 11 is 0. The fraction of sp³-hybridized carbons (Fsp3) is 0.375. The van der Waals surface area contributed by atoms with Crippen molar-refractivity contribution in [2.75, 3.05) is 20.8 Å². The summed E-state index contributed by atoms with van der Waals surface area (Å²) < 4.78 is 13.0. The first-order valence-electron chi connectivity index (χ1n) is 10.1. The third-order valence-electron chi connectivity index (χ3n) is 6.20. The van der Waals surface area contributed by atoms with Gasteiger partial charge in [0.2, 0.25) is 5.91 Å². The Bertz CT molecular complexity index is 1050. The first-order chi connectivity index (χ1) is 14.0. The van der Waals surface area contributed by atoms with Gasteiger partial charge in [-0.1, -0.05) is 24.3 Å². The highest BCUT2D eigenvalue weighted by Gasteiger charge is 2.34. The van der Waals surface area contributed by atoms with E-state index < -0.39 is 0 Å². The number of aromatic nitrogens is 1. The molecule has 1 aromatic heterocycles. The van der Waals surface area contributed by atoms with Gasteiger partial charge in [0.05, 0.1) is 20.3 Å². The summed E-state index contributed by atoms with van der Waals surface area (Å²) in [6.45, 7) is 2.85. The van der Waals surface area contributed by atoms with Gasteiger partial charge in [-0.2, -0.15) is 0 Å². The van der Waals surface area contributed by atoms with E-state index in [1.807, 2.05) is 18.2 Å². The number of hydrogen-bond donors (Lipinski definition) is 0. The Balaban J connectivity index is 1.61. The van der Waals surface area contributed by atoms with Crippen LogP contribution < -0.4 is 9.47 Å². The lowest BCUT2D eigenvalue weighted by atomic mass is 10.0. The number of likely N-dealkylation sites (tertiary alicyclic amines) is 1. The average Bonchev–Trinajstić information content (AvgIpc) is 3.23. The number of carbonyl (C=O) groups is 1. The molecule has 1 aliphatic rings. The van der Waals surface area contributed by atoms with Crippen LogP contribution in [0.15, 0.2) is 42.5 Å². The van der Waals surface area contributed by atoms with Crippen LogP contribution in [0.4, 0.5) is 0 Å². The minimum absolute atomic E-state index is 0.133. The Morgan fingerprint density at radius 1 is 1.07 bits per heavy atom. The third-order valence-corrected chi connectivity index (χ3v) is 6.20. The molecule has 1 saturated heterocycles. The van der Waals surface area contributed by atoms with Gasteiger partial charge < -0.3 is 18.9 Å². The van der Waals surface area contributed by atoms with Crippen molar-refractivity contribution in [3.05, 3.63) is 59.3 Å². The van der Waals surface area contributed by atoms with Crippen LogP contribution in [0.3, 0.4) is 0 Å². The number of carbonyl (C=O) groups excluding carboxylic acids is 1. The molecule has 0 unspecified atom stereocenters. The maximum absolute atomic E-state index is 12.7. The Labute approximate surface area is 171 Å². The van der Waals surface area contributed by atoms with Gasteiger partial charge in [-0.3, -0.25) is 4.79 Å². The van der Waals surface area contributed by atoms with Crippen LogP contribution in [0.25, 0.3) is 10.9 Å². The fourth-order valence-corrected chi connectivity index (χ4v) is 4.57. The summed E-state index contributed by atoms with van der Waals surface area (Å²) in [6.07, 6.45) is 2.27. The van der Waals surface area contributed by atoms with E-state index in [-0.39, 0.29) is 11.9 Å². The zero-order valence-electron chi connectivity index (χ0n) is 17.6. The number of ether oxygens (including phenoxy) is 2. The van der Waals surface area contributed by atoms with Crippen molar-refractivity contribution in [3.63, 3.8) is 0 Å². The molecule has 0 spiro atoms. The Morgan fingerprint density at radius 2 is 1.83 bits per heavy atom. The highest BCUT2D eigenvalue weighted by Crippen LogP contribution is 2.40. The summed E-state index contributed by atoms with van der Waals surface area (Å²) in [5.41, 5.74) is 4.89. The minimum atomic E-state index is 0.133. The van der Waals surface area contributed by atoms with E-state index in [0.29, 0.717) is 13.0 Å². The number of benzene rings is 2. The van der Waals surface area contributed by atoms with Crippen molar-refractivity contribution in [1.29, 1.82) is 0 Å². The van der Waals surface area contributed by atoms with Crippen LogP contribution in [0.1, 0.15) is 35.7 Å². The Kier molecular flexibility index (Phi) is 5.22. The number of hydrogen-bond acceptors (Lipinski definition) is 3. The summed E-state index contributed by atoms with van der Waals surface area (Å²) in [5, 5.41) is 1.25. The molecule has 2 aromatic carbocycles. The topological polar surface area (TPSA) is 43.7 Å². The van der Waals surface area contributed by atoms with Crippen LogP contribution in [0.5, 0.6) is 11.5 Å². The zero-order valence-corrected chi connectivity index (χ0v) is 17.6. The smallest absolute Gasteiger partial charge is 0.223 e. The predicted molar refractivity (Wildman–Crippen MR) is 115 cm³/mol. The molecule has 0 bridgehead atoms. The lowest BCUT2D eigenvalue weighted by molar-refractivity contribution is -0.129. The van der Waals surface area contributed by atoms with Crippen LogP contribution in [0, 0.1) is 6.92 Å². The zero-order chi connectivity index (χ0) is 20.5. The molecular formula is C24H28N2O3. The number of nitrogens with zero attached hydrogens (tertiary/aromatic N) is 2. The van der Waals surface area contributed by atoms with Crippen LogP contribution in [-0.4, -0.2) is 36.1 Å². The maximum Gasteiger partial charge on any atom is 0.223 e. The minimum Gasteiger partial charge on any atom is -0.493 e. The first kappa shape index (κ1) is 19.4. The molecule has 4 rings (SSSR count). The number of fused-ring (bicyclic) bond motifs is 1. The van der Waals surface area contributed by atoms with Gasteiger partial charge in [0.1, 0.15) is 0 Å². The second kappa shape index (κ2) is 7.82. The van der Waals surface area contributed by atoms with Crippen LogP contribution in [0.2, 0.25) is 0 Å². The largest absolute Gasteiger partial charge is 0.493 e. The van der Waals surface area contributed by atoms with Crippen LogP contribution in [-0.2, 0) is 18.3 Å². The molecule has 29 heavy (non-hydrogen) atoms. The number of amides is 1. The Hall–Kier alpha value is -2.95. The van der Waals surface area contributed by atoms with Crippen molar-refractivity contribution in [1.82, 2.24) is 9.47 Å². The SMILES string of the molecule is COc1ccc(CCN2C(=O)CC[C@@H]2c2c(C)n(C)c3ccccc23)cc1OC. The normalized spacial score (nSPS) is 16.6. The summed E-state index contributed by atoms with van der Waals surface area (Å²) in [7, 11) is 5.38. The molecule has 1 aliphatic heterocycles. The molecule has 1 fully saturated rings. The van der Waals surface area contributed by atoms with E-state index in [2.05, 4.69) is 47.7 Å². The highest BCUT2D eigenvalue weighted by atomic mass is 16.5. The third kappa shape index (κ3) is 3.35. The highest BCUT2D eigenvalue weighted by molar-refractivity contribution is 5.88. The van der Waals surface area contributed by atoms with E-state index in [0.717, 1.165) is 29.9 Å². The number of rotatable bonds is 6. The molecule has 0 saturated carbocycles. The second-order valence-corrected chi connectivity index (χ2v) is 7.66. The molecule has 5 nitrogen and oxygen atoms in total. The number of para-hydroxylation sites is 1.